The lowest BCUT2D eigenvalue weighted by molar-refractivity contribution is -0.142. The lowest BCUT2D eigenvalue weighted by Crippen LogP contribution is -2.34. The molecule has 0 aromatic carbocycles. The Labute approximate surface area is 83.4 Å². The van der Waals surface area contributed by atoms with Crippen LogP contribution in [0.1, 0.15) is 13.3 Å². The van der Waals surface area contributed by atoms with Gasteiger partial charge >= 0.3 is 5.97 Å². The number of rotatable bonds is 0. The monoisotopic (exact) mass is 198 g/mol. The molecule has 3 aliphatic rings. The van der Waals surface area contributed by atoms with E-state index in [4.69, 9.17) is 4.74 Å². The zero-order valence-corrected chi connectivity index (χ0v) is 8.54. The molecule has 72 valence electrons. The number of esters is 1. The van der Waals surface area contributed by atoms with E-state index in [9.17, 15) is 4.79 Å². The first-order valence-electron chi connectivity index (χ1n) is 5.05. The summed E-state index contributed by atoms with van der Waals surface area (Å²) in [6, 6.07) is 0. The van der Waals surface area contributed by atoms with E-state index < -0.39 is 0 Å². The summed E-state index contributed by atoms with van der Waals surface area (Å²) < 4.78 is 5.12. The van der Waals surface area contributed by atoms with Crippen LogP contribution >= 0.6 is 12.6 Å². The van der Waals surface area contributed by atoms with Gasteiger partial charge in [-0.1, -0.05) is 6.92 Å². The van der Waals surface area contributed by atoms with Crippen molar-refractivity contribution in [1.82, 2.24) is 0 Å². The van der Waals surface area contributed by atoms with Gasteiger partial charge in [-0.15, -0.1) is 0 Å². The van der Waals surface area contributed by atoms with Crippen molar-refractivity contribution in [1.29, 1.82) is 0 Å². The molecule has 2 saturated carbocycles. The number of carbonyl (C=O) groups excluding carboxylic acids is 1. The first-order valence-corrected chi connectivity index (χ1v) is 5.56. The molecule has 2 nitrogen and oxygen atoms in total. The van der Waals surface area contributed by atoms with Crippen LogP contribution in [0.15, 0.2) is 0 Å². The van der Waals surface area contributed by atoms with E-state index in [1.807, 2.05) is 0 Å². The Hall–Kier alpha value is -0.180. The third-order valence-electron chi connectivity index (χ3n) is 4.36. The Kier molecular flexibility index (Phi) is 1.53. The largest absolute Gasteiger partial charge is 0.465 e. The fourth-order valence-corrected chi connectivity index (χ4v) is 4.21. The van der Waals surface area contributed by atoms with Crippen molar-refractivity contribution >= 4 is 18.6 Å². The molecule has 0 radical (unpaired) electrons. The van der Waals surface area contributed by atoms with E-state index in [0.717, 1.165) is 0 Å². The van der Waals surface area contributed by atoms with Crippen molar-refractivity contribution in [3.63, 3.8) is 0 Å². The lowest BCUT2D eigenvalue weighted by atomic mass is 9.76. The molecule has 0 amide bonds. The maximum Gasteiger partial charge on any atom is 0.309 e. The number of fused-ring (bicyclic) bond motifs is 5. The van der Waals surface area contributed by atoms with E-state index in [-0.39, 0.29) is 11.9 Å². The molecule has 0 aromatic rings. The molecule has 2 bridgehead atoms. The minimum Gasteiger partial charge on any atom is -0.465 e. The highest BCUT2D eigenvalue weighted by Crippen LogP contribution is 2.59. The van der Waals surface area contributed by atoms with Gasteiger partial charge < -0.3 is 4.74 Å². The molecule has 0 spiro atoms. The van der Waals surface area contributed by atoms with Crippen molar-refractivity contribution in [2.75, 3.05) is 6.61 Å². The van der Waals surface area contributed by atoms with Crippen LogP contribution < -0.4 is 0 Å². The second-order valence-electron chi connectivity index (χ2n) is 4.73. The molecule has 3 rings (SSSR count). The SMILES string of the molecule is CC1C(S)C2CC1C1C(=O)OCC21. The van der Waals surface area contributed by atoms with Gasteiger partial charge in [0.15, 0.2) is 0 Å². The van der Waals surface area contributed by atoms with Crippen molar-refractivity contribution in [3.05, 3.63) is 0 Å². The standard InChI is InChI=1S/C10H14O2S/c1-4-5-2-6(9(4)13)7-3-12-10(11)8(5)7/h4-9,13H,2-3H2,1H3. The fraction of sp³-hybridized carbons (Fsp3) is 0.900. The molecule has 6 unspecified atom stereocenters. The highest BCUT2D eigenvalue weighted by atomic mass is 32.1. The normalized spacial score (nSPS) is 58.2. The van der Waals surface area contributed by atoms with Gasteiger partial charge in [-0.2, -0.15) is 12.6 Å². The molecule has 3 heteroatoms. The number of carbonyl (C=O) groups is 1. The Bertz CT molecular complexity index is 266. The van der Waals surface area contributed by atoms with Gasteiger partial charge in [-0.05, 0) is 24.2 Å². The quantitative estimate of drug-likeness (QED) is 0.470. The van der Waals surface area contributed by atoms with Gasteiger partial charge in [0.25, 0.3) is 0 Å². The molecular weight excluding hydrogens is 184 g/mol. The Morgan fingerprint density at radius 2 is 2.15 bits per heavy atom. The van der Waals surface area contributed by atoms with E-state index >= 15 is 0 Å². The first kappa shape index (κ1) is 8.16. The van der Waals surface area contributed by atoms with E-state index in [0.29, 0.717) is 35.5 Å². The van der Waals surface area contributed by atoms with Crippen LogP contribution in [0.5, 0.6) is 0 Å². The smallest absolute Gasteiger partial charge is 0.309 e. The maximum atomic E-state index is 11.5. The number of thiol groups is 1. The topological polar surface area (TPSA) is 26.3 Å². The Balaban J connectivity index is 1.96. The minimum atomic E-state index is 0.0598. The average Bonchev–Trinajstić information content (AvgIpc) is 2.70. The third-order valence-corrected chi connectivity index (χ3v) is 5.21. The van der Waals surface area contributed by atoms with Crippen LogP contribution in [-0.4, -0.2) is 17.8 Å². The maximum absolute atomic E-state index is 11.5. The molecule has 0 N–H and O–H groups in total. The number of hydrogen-bond acceptors (Lipinski definition) is 3. The highest BCUT2D eigenvalue weighted by Gasteiger charge is 2.60. The lowest BCUT2D eigenvalue weighted by Gasteiger charge is -2.30. The average molecular weight is 198 g/mol. The van der Waals surface area contributed by atoms with Crippen LogP contribution in [0, 0.1) is 29.6 Å². The fourth-order valence-electron chi connectivity index (χ4n) is 3.65. The number of hydrogen-bond donors (Lipinski definition) is 1. The summed E-state index contributed by atoms with van der Waals surface area (Å²) in [7, 11) is 0. The summed E-state index contributed by atoms with van der Waals surface area (Å²) in [5.74, 6) is 2.58. The summed E-state index contributed by atoms with van der Waals surface area (Å²) in [5.41, 5.74) is 0. The number of ether oxygens (including phenoxy) is 1. The predicted octanol–water partition coefficient (Wildman–Crippen LogP) is 1.36. The van der Waals surface area contributed by atoms with Crippen molar-refractivity contribution in [2.24, 2.45) is 29.6 Å². The molecule has 2 aliphatic carbocycles. The summed E-state index contributed by atoms with van der Waals surface area (Å²) in [6.07, 6.45) is 1.21. The summed E-state index contributed by atoms with van der Waals surface area (Å²) >= 11 is 4.64. The van der Waals surface area contributed by atoms with Crippen LogP contribution in [-0.2, 0) is 9.53 Å². The Morgan fingerprint density at radius 3 is 2.92 bits per heavy atom. The van der Waals surface area contributed by atoms with Crippen LogP contribution in [0.3, 0.4) is 0 Å². The summed E-state index contributed by atoms with van der Waals surface area (Å²) in [5, 5.41) is 0.501. The molecule has 3 fully saturated rings. The van der Waals surface area contributed by atoms with Gasteiger partial charge in [-0.25, -0.2) is 0 Å². The van der Waals surface area contributed by atoms with Crippen LogP contribution in [0.2, 0.25) is 0 Å². The van der Waals surface area contributed by atoms with E-state index in [2.05, 4.69) is 19.6 Å². The highest BCUT2D eigenvalue weighted by molar-refractivity contribution is 7.81. The summed E-state index contributed by atoms with van der Waals surface area (Å²) in [4.78, 5) is 11.5. The Morgan fingerprint density at radius 1 is 1.38 bits per heavy atom. The molecule has 1 aliphatic heterocycles. The zero-order valence-electron chi connectivity index (χ0n) is 7.64. The molecule has 13 heavy (non-hydrogen) atoms. The zero-order chi connectivity index (χ0) is 9.16. The predicted molar refractivity (Wildman–Crippen MR) is 51.5 cm³/mol. The van der Waals surface area contributed by atoms with Gasteiger partial charge in [0.05, 0.1) is 12.5 Å². The summed E-state index contributed by atoms with van der Waals surface area (Å²) in [6.45, 7) is 2.89. The van der Waals surface area contributed by atoms with Crippen molar-refractivity contribution in [3.8, 4) is 0 Å². The molecule has 6 atom stereocenters. The van der Waals surface area contributed by atoms with E-state index in [1.165, 1.54) is 6.42 Å². The van der Waals surface area contributed by atoms with Gasteiger partial charge in [0.2, 0.25) is 0 Å². The van der Waals surface area contributed by atoms with Gasteiger partial charge in [0.1, 0.15) is 0 Å². The minimum absolute atomic E-state index is 0.0598. The second-order valence-corrected chi connectivity index (χ2v) is 5.33. The number of cyclic esters (lactones) is 1. The van der Waals surface area contributed by atoms with E-state index in [1.54, 1.807) is 0 Å². The molecule has 1 heterocycles. The third kappa shape index (κ3) is 0.841. The molecule has 1 saturated heterocycles. The van der Waals surface area contributed by atoms with Gasteiger partial charge in [0, 0.05) is 11.2 Å². The molecular formula is C10H14O2S. The van der Waals surface area contributed by atoms with Crippen molar-refractivity contribution < 1.29 is 9.53 Å². The molecule has 0 aromatic heterocycles. The van der Waals surface area contributed by atoms with Crippen molar-refractivity contribution in [2.45, 2.75) is 18.6 Å². The van der Waals surface area contributed by atoms with Gasteiger partial charge in [-0.3, -0.25) is 4.79 Å². The second kappa shape index (κ2) is 2.44. The van der Waals surface area contributed by atoms with Crippen LogP contribution in [0.25, 0.3) is 0 Å². The first-order chi connectivity index (χ1) is 6.20. The van der Waals surface area contributed by atoms with Crippen LogP contribution in [0.4, 0.5) is 0 Å².